The highest BCUT2D eigenvalue weighted by Crippen LogP contribution is 2.29. The van der Waals surface area contributed by atoms with Crippen molar-refractivity contribution in [2.75, 3.05) is 5.32 Å². The van der Waals surface area contributed by atoms with Crippen LogP contribution in [0.3, 0.4) is 0 Å². The van der Waals surface area contributed by atoms with Gasteiger partial charge in [-0.25, -0.2) is 9.97 Å². The molecule has 0 radical (unpaired) electrons. The van der Waals surface area contributed by atoms with Crippen molar-refractivity contribution >= 4 is 17.3 Å². The van der Waals surface area contributed by atoms with Crippen molar-refractivity contribution < 1.29 is 0 Å². The van der Waals surface area contributed by atoms with Gasteiger partial charge in [0.05, 0.1) is 5.69 Å². The normalized spacial score (nSPS) is 10.8. The van der Waals surface area contributed by atoms with Gasteiger partial charge in [0.25, 0.3) is 0 Å². The summed E-state index contributed by atoms with van der Waals surface area (Å²) in [7, 11) is 0. The van der Waals surface area contributed by atoms with Crippen molar-refractivity contribution in [2.45, 2.75) is 6.92 Å². The second-order valence-corrected chi connectivity index (χ2v) is 5.30. The third kappa shape index (κ3) is 2.53. The molecule has 0 aliphatic heterocycles. The maximum Gasteiger partial charge on any atom is 0.146 e. The number of hydrogen-bond acceptors (Lipinski definition) is 4. The molecule has 0 unspecified atom stereocenters. The van der Waals surface area contributed by atoms with Crippen molar-refractivity contribution in [1.82, 2.24) is 19.4 Å². The zero-order valence-electron chi connectivity index (χ0n) is 12.6. The highest BCUT2D eigenvalue weighted by Gasteiger charge is 2.15. The van der Waals surface area contributed by atoms with Crippen LogP contribution in [0.15, 0.2) is 67.1 Å². The van der Waals surface area contributed by atoms with Gasteiger partial charge in [0.2, 0.25) is 0 Å². The molecule has 0 amide bonds. The average Bonchev–Trinajstić information content (AvgIpc) is 2.94. The fourth-order valence-corrected chi connectivity index (χ4v) is 2.51. The van der Waals surface area contributed by atoms with E-state index in [0.717, 1.165) is 28.7 Å². The topological polar surface area (TPSA) is 55.1 Å². The molecule has 0 aliphatic rings. The van der Waals surface area contributed by atoms with Gasteiger partial charge in [0.1, 0.15) is 23.0 Å². The summed E-state index contributed by atoms with van der Waals surface area (Å²) < 4.78 is 2.02. The lowest BCUT2D eigenvalue weighted by atomic mass is 10.2. The first-order chi connectivity index (χ1) is 11.3. The van der Waals surface area contributed by atoms with Crippen LogP contribution in [0.25, 0.3) is 17.0 Å². The third-order valence-corrected chi connectivity index (χ3v) is 3.60. The van der Waals surface area contributed by atoms with Crippen molar-refractivity contribution in [3.63, 3.8) is 0 Å². The zero-order valence-corrected chi connectivity index (χ0v) is 12.6. The molecule has 4 rings (SSSR count). The average molecular weight is 301 g/mol. The molecule has 4 aromatic heterocycles. The molecule has 23 heavy (non-hydrogen) atoms. The van der Waals surface area contributed by atoms with Crippen LogP contribution in [-0.4, -0.2) is 19.4 Å². The van der Waals surface area contributed by atoms with E-state index in [0.29, 0.717) is 0 Å². The van der Waals surface area contributed by atoms with E-state index in [1.54, 1.807) is 12.4 Å². The highest BCUT2D eigenvalue weighted by molar-refractivity contribution is 5.77. The number of aromatic nitrogens is 4. The number of imidazole rings is 1. The summed E-state index contributed by atoms with van der Waals surface area (Å²) in [5, 5.41) is 3.36. The number of anilines is 2. The first kappa shape index (κ1) is 13.5. The number of fused-ring (bicyclic) bond motifs is 1. The fraction of sp³-hybridized carbons (Fsp3) is 0.0556. The van der Waals surface area contributed by atoms with E-state index in [9.17, 15) is 0 Å². The van der Waals surface area contributed by atoms with Crippen molar-refractivity contribution in [1.29, 1.82) is 0 Å². The molecule has 0 fully saturated rings. The van der Waals surface area contributed by atoms with E-state index in [1.807, 2.05) is 47.0 Å². The summed E-state index contributed by atoms with van der Waals surface area (Å²) in [6.45, 7) is 2.06. The predicted molar refractivity (Wildman–Crippen MR) is 90.7 cm³/mol. The summed E-state index contributed by atoms with van der Waals surface area (Å²) >= 11 is 0. The SMILES string of the molecule is Cc1ccn2c(Nc3ccccn3)c(-c3ccccn3)nc2c1. The summed E-state index contributed by atoms with van der Waals surface area (Å²) in [5.74, 6) is 1.63. The molecule has 0 spiro atoms. The minimum absolute atomic E-state index is 0.770. The van der Waals surface area contributed by atoms with Crippen molar-refractivity contribution in [3.05, 3.63) is 72.7 Å². The van der Waals surface area contributed by atoms with Crippen LogP contribution in [-0.2, 0) is 0 Å². The molecule has 4 heterocycles. The lowest BCUT2D eigenvalue weighted by Gasteiger charge is -2.07. The van der Waals surface area contributed by atoms with E-state index in [1.165, 1.54) is 5.56 Å². The van der Waals surface area contributed by atoms with Crippen LogP contribution in [0.5, 0.6) is 0 Å². The molecule has 5 nitrogen and oxygen atoms in total. The van der Waals surface area contributed by atoms with Crippen molar-refractivity contribution in [3.8, 4) is 11.4 Å². The van der Waals surface area contributed by atoms with Crippen molar-refractivity contribution in [2.24, 2.45) is 0 Å². The van der Waals surface area contributed by atoms with Crippen LogP contribution < -0.4 is 5.32 Å². The number of aryl methyl sites for hydroxylation is 1. The Morgan fingerprint density at radius 1 is 0.957 bits per heavy atom. The van der Waals surface area contributed by atoms with E-state index in [2.05, 4.69) is 34.3 Å². The van der Waals surface area contributed by atoms with Gasteiger partial charge in [-0.15, -0.1) is 0 Å². The Kier molecular flexibility index (Phi) is 3.24. The third-order valence-electron chi connectivity index (χ3n) is 3.60. The molecule has 0 aliphatic carbocycles. The second kappa shape index (κ2) is 5.53. The van der Waals surface area contributed by atoms with Gasteiger partial charge in [0.15, 0.2) is 0 Å². The van der Waals surface area contributed by atoms with Crippen LogP contribution in [0.2, 0.25) is 0 Å². The predicted octanol–water partition coefficient (Wildman–Crippen LogP) is 3.84. The van der Waals surface area contributed by atoms with Gasteiger partial charge >= 0.3 is 0 Å². The Morgan fingerprint density at radius 3 is 2.52 bits per heavy atom. The van der Waals surface area contributed by atoms with Crippen LogP contribution in [0.4, 0.5) is 11.6 Å². The molecular weight excluding hydrogens is 286 g/mol. The molecule has 5 heteroatoms. The van der Waals surface area contributed by atoms with E-state index in [-0.39, 0.29) is 0 Å². The summed E-state index contributed by atoms with van der Waals surface area (Å²) in [4.78, 5) is 13.5. The van der Waals surface area contributed by atoms with Gasteiger partial charge in [-0.2, -0.15) is 0 Å². The molecule has 0 saturated heterocycles. The minimum atomic E-state index is 0.770. The lowest BCUT2D eigenvalue weighted by molar-refractivity contribution is 1.16. The Bertz CT molecular complexity index is 945. The molecular formula is C18H15N5. The fourth-order valence-electron chi connectivity index (χ4n) is 2.51. The number of nitrogens with one attached hydrogen (secondary N) is 1. The maximum absolute atomic E-state index is 4.75. The molecule has 0 aromatic carbocycles. The van der Waals surface area contributed by atoms with Crippen LogP contribution >= 0.6 is 0 Å². The molecule has 1 N–H and O–H groups in total. The minimum Gasteiger partial charge on any atom is -0.324 e. The molecule has 0 bridgehead atoms. The maximum atomic E-state index is 4.75. The second-order valence-electron chi connectivity index (χ2n) is 5.30. The van der Waals surface area contributed by atoms with Gasteiger partial charge in [-0.3, -0.25) is 9.38 Å². The van der Waals surface area contributed by atoms with Crippen LogP contribution in [0, 0.1) is 6.92 Å². The number of rotatable bonds is 3. The largest absolute Gasteiger partial charge is 0.324 e. The monoisotopic (exact) mass is 301 g/mol. The Labute approximate surface area is 133 Å². The Hall–Kier alpha value is -3.21. The summed E-state index contributed by atoms with van der Waals surface area (Å²) in [5.41, 5.74) is 3.68. The Balaban J connectivity index is 1.92. The van der Waals surface area contributed by atoms with Gasteiger partial charge in [-0.05, 0) is 48.9 Å². The standard InChI is InChI=1S/C18H15N5/c1-13-8-11-23-16(12-13)22-17(14-6-2-4-9-19-14)18(23)21-15-7-3-5-10-20-15/h2-12H,1H3,(H,20,21). The van der Waals surface area contributed by atoms with E-state index in [4.69, 9.17) is 4.98 Å². The first-order valence-electron chi connectivity index (χ1n) is 7.39. The quantitative estimate of drug-likeness (QED) is 0.624. The van der Waals surface area contributed by atoms with Gasteiger partial charge in [-0.1, -0.05) is 12.1 Å². The van der Waals surface area contributed by atoms with Crippen LogP contribution in [0.1, 0.15) is 5.56 Å². The van der Waals surface area contributed by atoms with E-state index >= 15 is 0 Å². The summed E-state index contributed by atoms with van der Waals surface area (Å²) in [6, 6.07) is 15.7. The number of nitrogens with zero attached hydrogens (tertiary/aromatic N) is 4. The Morgan fingerprint density at radius 2 is 1.78 bits per heavy atom. The molecule has 0 atom stereocenters. The first-order valence-corrected chi connectivity index (χ1v) is 7.39. The highest BCUT2D eigenvalue weighted by atomic mass is 15.2. The van der Waals surface area contributed by atoms with Gasteiger partial charge in [0, 0.05) is 18.6 Å². The molecule has 112 valence electrons. The zero-order chi connectivity index (χ0) is 15.6. The number of pyridine rings is 3. The lowest BCUT2D eigenvalue weighted by Crippen LogP contribution is -1.99. The smallest absolute Gasteiger partial charge is 0.146 e. The number of hydrogen-bond donors (Lipinski definition) is 1. The van der Waals surface area contributed by atoms with Gasteiger partial charge < -0.3 is 5.32 Å². The molecule has 4 aromatic rings. The van der Waals surface area contributed by atoms with E-state index < -0.39 is 0 Å². The summed E-state index contributed by atoms with van der Waals surface area (Å²) in [6.07, 6.45) is 5.54. The molecule has 0 saturated carbocycles.